The summed E-state index contributed by atoms with van der Waals surface area (Å²) < 4.78 is 39.3. The van der Waals surface area contributed by atoms with Crippen LogP contribution in [0.5, 0.6) is 0 Å². The quantitative estimate of drug-likeness (QED) is 0.639. The van der Waals surface area contributed by atoms with Gasteiger partial charge in [0.05, 0.1) is 22.9 Å². The zero-order valence-electron chi connectivity index (χ0n) is 19.9. The van der Waals surface area contributed by atoms with Gasteiger partial charge < -0.3 is 14.7 Å². The number of nitrogens with zero attached hydrogens (tertiary/aromatic N) is 5. The Bertz CT molecular complexity index is 992. The molecule has 2 aromatic heterocycles. The Morgan fingerprint density at radius 2 is 1.91 bits per heavy atom. The van der Waals surface area contributed by atoms with Crippen molar-refractivity contribution in [2.75, 3.05) is 43.0 Å². The molecule has 0 aromatic carbocycles. The Kier molecular flexibility index (Phi) is 6.73. The summed E-state index contributed by atoms with van der Waals surface area (Å²) in [5.41, 5.74) is -0.0937. The summed E-state index contributed by atoms with van der Waals surface area (Å²) in [7, 11) is 2.06. The number of rotatable bonds is 5. The van der Waals surface area contributed by atoms with Gasteiger partial charge in [0.25, 0.3) is 0 Å². The number of pyridine rings is 2. The number of piperazine rings is 1. The van der Waals surface area contributed by atoms with Crippen LogP contribution in [0.25, 0.3) is 0 Å². The second-order valence-corrected chi connectivity index (χ2v) is 9.71. The number of hydrogen-bond acceptors (Lipinski definition) is 5. The Morgan fingerprint density at radius 1 is 1.18 bits per heavy atom. The first-order valence-electron chi connectivity index (χ1n) is 11.8. The van der Waals surface area contributed by atoms with Crippen LogP contribution < -0.4 is 9.80 Å². The highest BCUT2D eigenvalue weighted by Gasteiger charge is 2.50. The third-order valence-electron chi connectivity index (χ3n) is 7.62. The molecular weight excluding hydrogens is 443 g/mol. The monoisotopic (exact) mass is 475 g/mol. The highest BCUT2D eigenvalue weighted by Crippen LogP contribution is 2.48. The smallest absolute Gasteiger partial charge is 0.370 e. The Morgan fingerprint density at radius 3 is 2.53 bits per heavy atom. The van der Waals surface area contributed by atoms with Crippen LogP contribution in [0.2, 0.25) is 0 Å². The van der Waals surface area contributed by atoms with Gasteiger partial charge in [0.2, 0.25) is 5.91 Å². The molecule has 2 fully saturated rings. The molecule has 9 heteroatoms. The average Bonchev–Trinajstić information content (AvgIpc) is 3.30. The first-order chi connectivity index (χ1) is 16.1. The zero-order chi connectivity index (χ0) is 24.5. The molecule has 0 spiro atoms. The van der Waals surface area contributed by atoms with E-state index in [0.29, 0.717) is 32.0 Å². The lowest BCUT2D eigenvalue weighted by Gasteiger charge is -2.42. The molecule has 0 unspecified atom stereocenters. The van der Waals surface area contributed by atoms with Gasteiger partial charge in [-0.2, -0.15) is 13.2 Å². The molecule has 1 saturated carbocycles. The second kappa shape index (κ2) is 9.43. The summed E-state index contributed by atoms with van der Waals surface area (Å²) in [5.74, 6) is 0.663. The van der Waals surface area contributed by atoms with Gasteiger partial charge in [-0.15, -0.1) is 0 Å². The Labute approximate surface area is 198 Å². The van der Waals surface area contributed by atoms with Gasteiger partial charge in [0, 0.05) is 51.7 Å². The first-order valence-corrected chi connectivity index (χ1v) is 11.8. The maximum Gasteiger partial charge on any atom is 0.416 e. The molecule has 3 heterocycles. The number of anilines is 2. The summed E-state index contributed by atoms with van der Waals surface area (Å²) in [4.78, 5) is 28.1. The third-order valence-corrected chi connectivity index (χ3v) is 7.62. The average molecular weight is 476 g/mol. The van der Waals surface area contributed by atoms with Crippen LogP contribution in [0.3, 0.4) is 0 Å². The molecule has 0 N–H and O–H groups in total. The highest BCUT2D eigenvalue weighted by molar-refractivity contribution is 5.84. The molecule has 2 atom stereocenters. The third kappa shape index (κ3) is 4.70. The van der Waals surface area contributed by atoms with E-state index in [2.05, 4.69) is 35.8 Å². The lowest BCUT2D eigenvalue weighted by atomic mass is 9.74. The van der Waals surface area contributed by atoms with Gasteiger partial charge in [-0.05, 0) is 49.4 Å². The fourth-order valence-electron chi connectivity index (χ4n) is 5.34. The van der Waals surface area contributed by atoms with Crippen LogP contribution in [0.1, 0.15) is 38.7 Å². The Balaban J connectivity index is 1.43. The topological polar surface area (TPSA) is 52.6 Å². The normalized spacial score (nSPS) is 23.4. The van der Waals surface area contributed by atoms with Gasteiger partial charge in [-0.1, -0.05) is 13.8 Å². The molecule has 2 aliphatic rings. The SMILES string of the molecule is CC(C)[C@]1(C(=O)N2CCN(c3cc(C(F)(F)F)ccn3)CC2)CC[C@@H](N(C)c2cccnc2)C1. The van der Waals surface area contributed by atoms with E-state index in [1.54, 1.807) is 6.20 Å². The molecule has 184 valence electrons. The number of amides is 1. The number of aromatic nitrogens is 2. The van der Waals surface area contributed by atoms with Crippen LogP contribution in [-0.4, -0.2) is 60.0 Å². The van der Waals surface area contributed by atoms with Crippen molar-refractivity contribution < 1.29 is 18.0 Å². The van der Waals surface area contributed by atoms with Gasteiger partial charge in [-0.3, -0.25) is 9.78 Å². The maximum absolute atomic E-state index is 13.8. The molecule has 1 amide bonds. The van der Waals surface area contributed by atoms with Crippen molar-refractivity contribution in [3.05, 3.63) is 48.4 Å². The van der Waals surface area contributed by atoms with Gasteiger partial charge in [0.1, 0.15) is 5.82 Å². The fourth-order valence-corrected chi connectivity index (χ4v) is 5.34. The summed E-state index contributed by atoms with van der Waals surface area (Å²) in [6, 6.07) is 6.27. The van der Waals surface area contributed by atoms with E-state index in [0.717, 1.165) is 37.1 Å². The van der Waals surface area contributed by atoms with E-state index in [1.165, 1.54) is 6.20 Å². The van der Waals surface area contributed by atoms with E-state index < -0.39 is 17.2 Å². The molecule has 34 heavy (non-hydrogen) atoms. The predicted octanol–water partition coefficient (Wildman–Crippen LogP) is 4.48. The van der Waals surface area contributed by atoms with E-state index in [-0.39, 0.29) is 17.9 Å². The van der Waals surface area contributed by atoms with Crippen molar-refractivity contribution >= 4 is 17.4 Å². The molecule has 4 rings (SSSR count). The van der Waals surface area contributed by atoms with E-state index >= 15 is 0 Å². The van der Waals surface area contributed by atoms with E-state index in [9.17, 15) is 18.0 Å². The van der Waals surface area contributed by atoms with Crippen LogP contribution >= 0.6 is 0 Å². The number of hydrogen-bond donors (Lipinski definition) is 0. The van der Waals surface area contributed by atoms with Crippen LogP contribution in [0.4, 0.5) is 24.7 Å². The Hall–Kier alpha value is -2.84. The van der Waals surface area contributed by atoms with Crippen LogP contribution in [0.15, 0.2) is 42.9 Å². The van der Waals surface area contributed by atoms with Crippen molar-refractivity contribution in [3.8, 4) is 0 Å². The van der Waals surface area contributed by atoms with Gasteiger partial charge in [0.15, 0.2) is 0 Å². The maximum atomic E-state index is 13.8. The highest BCUT2D eigenvalue weighted by atomic mass is 19.4. The molecule has 0 bridgehead atoms. The van der Waals surface area contributed by atoms with Crippen molar-refractivity contribution in [3.63, 3.8) is 0 Å². The molecule has 1 aliphatic heterocycles. The standard InChI is InChI=1S/C25H32F3N5O/c1-18(2)24(8-6-20(16-24)31(3)21-5-4-9-29-17-21)23(34)33-13-11-32(12-14-33)22-15-19(7-10-30-22)25(26,27)28/h4-5,7,9-10,15,17-18,20H,6,8,11-14,16H2,1-3H3/t20-,24+/m1/s1. The van der Waals surface area contributed by atoms with E-state index in [1.807, 2.05) is 28.1 Å². The van der Waals surface area contributed by atoms with Gasteiger partial charge in [-0.25, -0.2) is 4.98 Å². The largest absolute Gasteiger partial charge is 0.416 e. The van der Waals surface area contributed by atoms with Crippen molar-refractivity contribution in [2.24, 2.45) is 11.3 Å². The van der Waals surface area contributed by atoms with Crippen LogP contribution in [0, 0.1) is 11.3 Å². The minimum absolute atomic E-state index is 0.168. The second-order valence-electron chi connectivity index (χ2n) is 9.71. The van der Waals surface area contributed by atoms with Crippen LogP contribution in [-0.2, 0) is 11.0 Å². The predicted molar refractivity (Wildman–Crippen MR) is 126 cm³/mol. The fraction of sp³-hybridized carbons (Fsp3) is 0.560. The number of alkyl halides is 3. The molecule has 2 aromatic rings. The number of carbonyl (C=O) groups is 1. The van der Waals surface area contributed by atoms with Crippen molar-refractivity contribution in [1.82, 2.24) is 14.9 Å². The summed E-state index contributed by atoms with van der Waals surface area (Å²) in [6.45, 7) is 6.13. The number of carbonyl (C=O) groups excluding carboxylic acids is 1. The molecular formula is C25H32F3N5O. The summed E-state index contributed by atoms with van der Waals surface area (Å²) in [6.07, 6.45) is 2.94. The minimum Gasteiger partial charge on any atom is -0.370 e. The lowest BCUT2D eigenvalue weighted by Crippen LogP contribution is -2.54. The van der Waals surface area contributed by atoms with Crippen molar-refractivity contribution in [2.45, 2.75) is 45.3 Å². The summed E-state index contributed by atoms with van der Waals surface area (Å²) in [5, 5.41) is 0. The zero-order valence-corrected chi connectivity index (χ0v) is 19.9. The van der Waals surface area contributed by atoms with Crippen molar-refractivity contribution in [1.29, 1.82) is 0 Å². The molecule has 1 aliphatic carbocycles. The lowest BCUT2D eigenvalue weighted by molar-refractivity contribution is -0.145. The number of halogens is 3. The minimum atomic E-state index is -4.40. The molecule has 0 radical (unpaired) electrons. The van der Waals surface area contributed by atoms with E-state index in [4.69, 9.17) is 0 Å². The summed E-state index contributed by atoms with van der Waals surface area (Å²) >= 11 is 0. The molecule has 6 nitrogen and oxygen atoms in total. The van der Waals surface area contributed by atoms with Gasteiger partial charge >= 0.3 is 6.18 Å². The first kappa shape index (κ1) is 24.3. The molecule has 1 saturated heterocycles.